The number of carbonyl (C=O) groups excluding carboxylic acids is 1. The Bertz CT molecular complexity index is 1080. The number of carbonyl (C=O) groups is 1. The molecule has 0 saturated carbocycles. The maximum atomic E-state index is 14.4. The number of anilines is 4. The molecular weight excluding hydrogens is 411 g/mol. The monoisotopic (exact) mass is 438 g/mol. The van der Waals surface area contributed by atoms with Crippen LogP contribution in [0.5, 0.6) is 5.75 Å². The van der Waals surface area contributed by atoms with Crippen molar-refractivity contribution in [2.75, 3.05) is 23.8 Å². The van der Waals surface area contributed by atoms with E-state index in [9.17, 15) is 9.18 Å². The average molecular weight is 439 g/mol. The molecule has 3 aromatic rings. The van der Waals surface area contributed by atoms with Crippen LogP contribution in [-0.2, 0) is 14.9 Å². The third-order valence-electron chi connectivity index (χ3n) is 4.49. The molecule has 32 heavy (non-hydrogen) atoms. The Morgan fingerprint density at radius 2 is 1.78 bits per heavy atom. The van der Waals surface area contributed by atoms with Gasteiger partial charge in [0.25, 0.3) is 0 Å². The summed E-state index contributed by atoms with van der Waals surface area (Å²) in [4.78, 5) is 19.7. The van der Waals surface area contributed by atoms with E-state index >= 15 is 0 Å². The lowest BCUT2D eigenvalue weighted by Crippen LogP contribution is -2.14. The lowest BCUT2D eigenvalue weighted by Gasteiger charge is -2.20. The second-order valence-corrected chi connectivity index (χ2v) is 8.09. The van der Waals surface area contributed by atoms with E-state index in [1.54, 1.807) is 31.2 Å². The highest BCUT2D eigenvalue weighted by molar-refractivity contribution is 5.71. The SMILES string of the molecule is CCOC(=O)COc1cccc(Nc2ncc(F)c(Nc3cccc(C(C)(C)C)c3)n2)c1. The zero-order chi connectivity index (χ0) is 23.1. The van der Waals surface area contributed by atoms with Gasteiger partial charge in [-0.15, -0.1) is 0 Å². The summed E-state index contributed by atoms with van der Waals surface area (Å²) in [7, 11) is 0. The minimum absolute atomic E-state index is 0.0328. The van der Waals surface area contributed by atoms with Crippen molar-refractivity contribution in [1.82, 2.24) is 9.97 Å². The molecule has 0 bridgehead atoms. The second kappa shape index (κ2) is 10.1. The molecule has 7 nitrogen and oxygen atoms in total. The maximum absolute atomic E-state index is 14.4. The fraction of sp³-hybridized carbons (Fsp3) is 0.292. The van der Waals surface area contributed by atoms with Crippen molar-refractivity contribution >= 4 is 29.1 Å². The van der Waals surface area contributed by atoms with Gasteiger partial charge in [0, 0.05) is 17.4 Å². The predicted molar refractivity (Wildman–Crippen MR) is 122 cm³/mol. The fourth-order valence-corrected chi connectivity index (χ4v) is 2.85. The molecule has 0 unspecified atom stereocenters. The molecule has 0 atom stereocenters. The van der Waals surface area contributed by atoms with Crippen molar-refractivity contribution in [3.63, 3.8) is 0 Å². The molecule has 1 heterocycles. The van der Waals surface area contributed by atoms with Crippen molar-refractivity contribution in [2.24, 2.45) is 0 Å². The first-order valence-electron chi connectivity index (χ1n) is 10.3. The van der Waals surface area contributed by atoms with E-state index in [1.807, 2.05) is 24.3 Å². The number of benzene rings is 2. The van der Waals surface area contributed by atoms with Gasteiger partial charge in [0.2, 0.25) is 5.95 Å². The molecule has 0 aliphatic heterocycles. The number of hydrogen-bond acceptors (Lipinski definition) is 7. The highest BCUT2D eigenvalue weighted by atomic mass is 19.1. The molecule has 0 fully saturated rings. The number of nitrogens with one attached hydrogen (secondary N) is 2. The van der Waals surface area contributed by atoms with Crippen LogP contribution in [0.4, 0.5) is 27.5 Å². The fourth-order valence-electron chi connectivity index (χ4n) is 2.85. The van der Waals surface area contributed by atoms with E-state index in [1.165, 1.54) is 0 Å². The summed E-state index contributed by atoms with van der Waals surface area (Å²) < 4.78 is 24.6. The summed E-state index contributed by atoms with van der Waals surface area (Å²) in [5.41, 5.74) is 2.44. The number of esters is 1. The molecule has 0 saturated heterocycles. The van der Waals surface area contributed by atoms with Gasteiger partial charge in [-0.1, -0.05) is 39.0 Å². The first kappa shape index (κ1) is 23.0. The van der Waals surface area contributed by atoms with E-state index in [-0.39, 0.29) is 23.8 Å². The van der Waals surface area contributed by atoms with Gasteiger partial charge in [0.15, 0.2) is 18.2 Å². The lowest BCUT2D eigenvalue weighted by atomic mass is 9.87. The molecule has 0 amide bonds. The van der Waals surface area contributed by atoms with Crippen molar-refractivity contribution in [3.8, 4) is 5.75 Å². The molecule has 168 valence electrons. The van der Waals surface area contributed by atoms with E-state index < -0.39 is 11.8 Å². The Balaban J connectivity index is 1.73. The van der Waals surface area contributed by atoms with Gasteiger partial charge in [-0.3, -0.25) is 0 Å². The van der Waals surface area contributed by atoms with Crippen LogP contribution < -0.4 is 15.4 Å². The molecular formula is C24H27FN4O3. The van der Waals surface area contributed by atoms with Crippen LogP contribution in [-0.4, -0.2) is 29.2 Å². The Labute approximate surface area is 187 Å². The van der Waals surface area contributed by atoms with Crippen molar-refractivity contribution in [2.45, 2.75) is 33.1 Å². The largest absolute Gasteiger partial charge is 0.482 e. The Hall–Kier alpha value is -3.68. The van der Waals surface area contributed by atoms with Crippen molar-refractivity contribution in [1.29, 1.82) is 0 Å². The smallest absolute Gasteiger partial charge is 0.344 e. The zero-order valence-electron chi connectivity index (χ0n) is 18.6. The first-order chi connectivity index (χ1) is 15.2. The summed E-state index contributed by atoms with van der Waals surface area (Å²) in [6.45, 7) is 8.18. The highest BCUT2D eigenvalue weighted by Gasteiger charge is 2.15. The Morgan fingerprint density at radius 1 is 1.06 bits per heavy atom. The molecule has 3 rings (SSSR count). The number of rotatable bonds is 8. The van der Waals surface area contributed by atoms with Crippen LogP contribution in [0.1, 0.15) is 33.3 Å². The Kier molecular flexibility index (Phi) is 7.25. The van der Waals surface area contributed by atoms with E-state index in [4.69, 9.17) is 9.47 Å². The van der Waals surface area contributed by atoms with Crippen LogP contribution >= 0.6 is 0 Å². The van der Waals surface area contributed by atoms with Crippen molar-refractivity contribution in [3.05, 3.63) is 66.1 Å². The second-order valence-electron chi connectivity index (χ2n) is 8.09. The van der Waals surface area contributed by atoms with Gasteiger partial charge in [-0.25, -0.2) is 14.2 Å². The van der Waals surface area contributed by atoms with Gasteiger partial charge < -0.3 is 20.1 Å². The summed E-state index contributed by atoms with van der Waals surface area (Å²) in [5.74, 6) is -0.267. The van der Waals surface area contributed by atoms with Gasteiger partial charge in [-0.05, 0) is 42.2 Å². The third-order valence-corrected chi connectivity index (χ3v) is 4.49. The third kappa shape index (κ3) is 6.41. The zero-order valence-corrected chi connectivity index (χ0v) is 18.6. The van der Waals surface area contributed by atoms with Crippen LogP contribution in [0, 0.1) is 5.82 Å². The van der Waals surface area contributed by atoms with Gasteiger partial charge in [0.1, 0.15) is 5.75 Å². The maximum Gasteiger partial charge on any atom is 0.344 e. The average Bonchev–Trinajstić information content (AvgIpc) is 2.75. The predicted octanol–water partition coefficient (Wildman–Crippen LogP) is 5.34. The molecule has 0 radical (unpaired) electrons. The summed E-state index contributed by atoms with van der Waals surface area (Å²) in [5, 5.41) is 6.05. The lowest BCUT2D eigenvalue weighted by molar-refractivity contribution is -0.145. The van der Waals surface area contributed by atoms with Crippen LogP contribution in [0.15, 0.2) is 54.7 Å². The van der Waals surface area contributed by atoms with Crippen LogP contribution in [0.25, 0.3) is 0 Å². The van der Waals surface area contributed by atoms with Gasteiger partial charge in [0.05, 0.1) is 12.8 Å². The summed E-state index contributed by atoms with van der Waals surface area (Å²) >= 11 is 0. The van der Waals surface area contributed by atoms with E-state index in [2.05, 4.69) is 41.4 Å². The molecule has 1 aromatic heterocycles. The minimum Gasteiger partial charge on any atom is -0.482 e. The molecule has 0 aliphatic carbocycles. The minimum atomic E-state index is -0.566. The molecule has 8 heteroatoms. The number of halogens is 1. The normalized spacial score (nSPS) is 11.0. The van der Waals surface area contributed by atoms with Gasteiger partial charge >= 0.3 is 5.97 Å². The molecule has 0 aliphatic rings. The first-order valence-corrected chi connectivity index (χ1v) is 10.3. The molecule has 0 spiro atoms. The topological polar surface area (TPSA) is 85.4 Å². The van der Waals surface area contributed by atoms with Gasteiger partial charge in [-0.2, -0.15) is 4.98 Å². The summed E-state index contributed by atoms with van der Waals surface area (Å²) in [6, 6.07) is 14.7. The molecule has 2 N–H and O–H groups in total. The van der Waals surface area contributed by atoms with E-state index in [0.717, 1.165) is 17.4 Å². The number of nitrogens with zero attached hydrogens (tertiary/aromatic N) is 2. The number of ether oxygens (including phenoxy) is 2. The quantitative estimate of drug-likeness (QED) is 0.459. The summed E-state index contributed by atoms with van der Waals surface area (Å²) in [6.07, 6.45) is 1.10. The van der Waals surface area contributed by atoms with Crippen LogP contribution in [0.2, 0.25) is 0 Å². The van der Waals surface area contributed by atoms with Crippen molar-refractivity contribution < 1.29 is 18.7 Å². The molecule has 2 aromatic carbocycles. The highest BCUT2D eigenvalue weighted by Crippen LogP contribution is 2.27. The Morgan fingerprint density at radius 3 is 2.50 bits per heavy atom. The number of aromatic nitrogens is 2. The number of hydrogen-bond donors (Lipinski definition) is 2. The van der Waals surface area contributed by atoms with E-state index in [0.29, 0.717) is 18.0 Å². The van der Waals surface area contributed by atoms with Crippen LogP contribution in [0.3, 0.4) is 0 Å². The standard InChI is InChI=1S/C24H27FN4O3/c1-5-31-21(30)15-32-19-11-7-10-18(13-19)28-23-26-14-20(25)22(29-23)27-17-9-6-8-16(12-17)24(2,3)4/h6-14H,5,15H2,1-4H3,(H2,26,27,28,29).